The summed E-state index contributed by atoms with van der Waals surface area (Å²) >= 11 is 0. The van der Waals surface area contributed by atoms with Crippen LogP contribution in [0.15, 0.2) is 10.7 Å². The van der Waals surface area contributed by atoms with E-state index >= 15 is 0 Å². The highest BCUT2D eigenvalue weighted by Gasteiger charge is 2.51. The molecule has 4 fully saturated rings. The Labute approximate surface area is 155 Å². The van der Waals surface area contributed by atoms with Crippen LogP contribution in [-0.4, -0.2) is 39.0 Å². The maximum Gasteiger partial charge on any atom is 0.323 e. The first-order valence-electron chi connectivity index (χ1n) is 9.63. The molecule has 1 aromatic carbocycles. The van der Waals surface area contributed by atoms with E-state index in [-0.39, 0.29) is 29.9 Å². The molecule has 0 amide bonds. The minimum atomic E-state index is -0.485. The number of anilines is 2. The van der Waals surface area contributed by atoms with Crippen LogP contribution in [0.4, 0.5) is 17.1 Å². The van der Waals surface area contributed by atoms with Gasteiger partial charge in [-0.2, -0.15) is 0 Å². The van der Waals surface area contributed by atoms with Crippen molar-refractivity contribution in [3.05, 3.63) is 16.2 Å². The molecule has 0 unspecified atom stereocenters. The molecule has 0 saturated heterocycles. The minimum absolute atomic E-state index is 0.0327. The zero-order valence-electron chi connectivity index (χ0n) is 15.0. The maximum absolute atomic E-state index is 11.6. The molecule has 0 aliphatic heterocycles. The third kappa shape index (κ3) is 2.72. The van der Waals surface area contributed by atoms with Crippen molar-refractivity contribution in [1.82, 2.24) is 10.3 Å². The van der Waals surface area contributed by atoms with Gasteiger partial charge >= 0.3 is 5.69 Å². The number of benzene rings is 1. The van der Waals surface area contributed by atoms with Crippen LogP contribution < -0.4 is 10.6 Å². The molecule has 0 spiro atoms. The smallest absolute Gasteiger partial charge is 0.323 e. The molecule has 0 radical (unpaired) electrons. The number of aliphatic hydroxyl groups is 1. The molecule has 1 heterocycles. The monoisotopic (exact) mass is 373 g/mol. The number of hydrogen-bond donors (Lipinski definition) is 3. The largest absolute Gasteiger partial charge is 0.395 e. The summed E-state index contributed by atoms with van der Waals surface area (Å²) in [7, 11) is 0. The van der Waals surface area contributed by atoms with E-state index in [1.807, 2.05) is 0 Å². The Hall–Kier alpha value is -2.42. The molecule has 9 heteroatoms. The van der Waals surface area contributed by atoms with Gasteiger partial charge in [-0.1, -0.05) is 0 Å². The Balaban J connectivity index is 1.56. The van der Waals surface area contributed by atoms with Crippen LogP contribution in [0.3, 0.4) is 0 Å². The Kier molecular flexibility index (Phi) is 3.75. The second-order valence-electron chi connectivity index (χ2n) is 8.51. The van der Waals surface area contributed by atoms with Crippen LogP contribution in [0, 0.1) is 27.9 Å². The second kappa shape index (κ2) is 6.05. The summed E-state index contributed by atoms with van der Waals surface area (Å²) in [6.07, 6.45) is 7.44. The number of rotatable bonds is 6. The lowest BCUT2D eigenvalue weighted by Crippen LogP contribution is -2.54. The summed E-state index contributed by atoms with van der Waals surface area (Å²) in [5, 5.41) is 35.1. The highest BCUT2D eigenvalue weighted by molar-refractivity contribution is 5.99. The van der Waals surface area contributed by atoms with Crippen LogP contribution in [-0.2, 0) is 0 Å². The zero-order valence-corrected chi connectivity index (χ0v) is 15.0. The van der Waals surface area contributed by atoms with Crippen LogP contribution >= 0.6 is 0 Å². The number of nitrogens with one attached hydrogen (secondary N) is 2. The molecule has 0 atom stereocenters. The van der Waals surface area contributed by atoms with Crippen LogP contribution in [0.5, 0.6) is 0 Å². The lowest BCUT2D eigenvalue weighted by atomic mass is 9.53. The van der Waals surface area contributed by atoms with Gasteiger partial charge in [0.1, 0.15) is 5.69 Å². The molecule has 2 aromatic rings. The van der Waals surface area contributed by atoms with E-state index in [2.05, 4.69) is 20.9 Å². The van der Waals surface area contributed by atoms with Gasteiger partial charge in [0.15, 0.2) is 5.52 Å². The summed E-state index contributed by atoms with van der Waals surface area (Å²) in [4.78, 5) is 11.1. The lowest BCUT2D eigenvalue weighted by Gasteiger charge is -2.57. The van der Waals surface area contributed by atoms with Gasteiger partial charge in [-0.25, -0.2) is 4.63 Å². The third-order valence-corrected chi connectivity index (χ3v) is 6.56. The fraction of sp³-hybridized carbons (Fsp3) is 0.667. The second-order valence-corrected chi connectivity index (χ2v) is 8.51. The first-order chi connectivity index (χ1) is 13.1. The van der Waals surface area contributed by atoms with E-state index in [1.165, 1.54) is 19.3 Å². The summed E-state index contributed by atoms with van der Waals surface area (Å²) in [6.45, 7) is 0.0957. The van der Waals surface area contributed by atoms with Crippen molar-refractivity contribution in [2.24, 2.45) is 17.8 Å². The number of nitrogens with zero attached hydrogens (tertiary/aromatic N) is 3. The van der Waals surface area contributed by atoms with E-state index in [4.69, 9.17) is 9.74 Å². The van der Waals surface area contributed by atoms with Crippen LogP contribution in [0.2, 0.25) is 0 Å². The van der Waals surface area contributed by atoms with Crippen molar-refractivity contribution in [2.75, 3.05) is 23.8 Å². The molecule has 9 nitrogen and oxygen atoms in total. The molecule has 27 heavy (non-hydrogen) atoms. The number of nitro benzene ring substituents is 1. The van der Waals surface area contributed by atoms with Crippen LogP contribution in [0.1, 0.15) is 38.5 Å². The number of aliphatic hydroxyl groups excluding tert-OH is 1. The summed E-state index contributed by atoms with van der Waals surface area (Å²) < 4.78 is 4.86. The van der Waals surface area contributed by atoms with Gasteiger partial charge in [-0.15, -0.1) is 0 Å². The van der Waals surface area contributed by atoms with Gasteiger partial charge in [0.2, 0.25) is 5.52 Å². The van der Waals surface area contributed by atoms with E-state index in [0.717, 1.165) is 42.7 Å². The van der Waals surface area contributed by atoms with E-state index in [0.29, 0.717) is 11.2 Å². The molecule has 1 aromatic heterocycles. The fourth-order valence-corrected chi connectivity index (χ4v) is 6.08. The SMILES string of the molecule is O=[N+]([O-])c1c(NCCO)cc(NC23CC4CC(CC(C4)C2)C3)c2nonc12. The van der Waals surface area contributed by atoms with E-state index in [9.17, 15) is 10.1 Å². The summed E-state index contributed by atoms with van der Waals surface area (Å²) in [6, 6.07) is 1.72. The minimum Gasteiger partial charge on any atom is -0.395 e. The third-order valence-electron chi connectivity index (χ3n) is 6.56. The molecule has 4 saturated carbocycles. The first-order valence-corrected chi connectivity index (χ1v) is 9.63. The Bertz CT molecular complexity index is 860. The van der Waals surface area contributed by atoms with Crippen molar-refractivity contribution in [3.63, 3.8) is 0 Å². The normalized spacial score (nSPS) is 31.4. The average Bonchev–Trinajstić information content (AvgIpc) is 3.07. The molecule has 4 aliphatic carbocycles. The van der Waals surface area contributed by atoms with Crippen molar-refractivity contribution in [2.45, 2.75) is 44.1 Å². The van der Waals surface area contributed by atoms with E-state index in [1.54, 1.807) is 6.07 Å². The molecular formula is C18H23N5O4. The van der Waals surface area contributed by atoms with Crippen molar-refractivity contribution in [1.29, 1.82) is 0 Å². The first kappa shape index (κ1) is 16.7. The topological polar surface area (TPSA) is 126 Å². The number of hydrogen-bond acceptors (Lipinski definition) is 8. The number of fused-ring (bicyclic) bond motifs is 1. The average molecular weight is 373 g/mol. The Morgan fingerprint density at radius 3 is 2.37 bits per heavy atom. The molecular weight excluding hydrogens is 350 g/mol. The van der Waals surface area contributed by atoms with Crippen LogP contribution in [0.25, 0.3) is 11.0 Å². The zero-order chi connectivity index (χ0) is 18.6. The lowest BCUT2D eigenvalue weighted by molar-refractivity contribution is -0.382. The maximum atomic E-state index is 11.6. The Morgan fingerprint density at radius 1 is 1.15 bits per heavy atom. The predicted molar refractivity (Wildman–Crippen MR) is 98.6 cm³/mol. The standard InChI is InChI=1S/C18H23N5O4/c24-2-1-19-14-6-13(15-16(22-27-21-15)17(14)23(25)26)20-18-7-10-3-11(8-18)5-12(4-10)9-18/h6,10-12,19-20,24H,1-5,7-9H2. The molecule has 144 valence electrons. The van der Waals surface area contributed by atoms with Gasteiger partial charge in [-0.05, 0) is 72.7 Å². The molecule has 4 bridgehead atoms. The van der Waals surface area contributed by atoms with Crippen molar-refractivity contribution >= 4 is 28.1 Å². The van der Waals surface area contributed by atoms with Crippen molar-refractivity contribution < 1.29 is 14.7 Å². The number of aromatic nitrogens is 2. The summed E-state index contributed by atoms with van der Waals surface area (Å²) in [5.74, 6) is 2.33. The molecule has 6 rings (SSSR count). The number of nitro groups is 1. The molecule has 4 aliphatic rings. The predicted octanol–water partition coefficient (Wildman–Crippen LogP) is 2.92. The van der Waals surface area contributed by atoms with Gasteiger partial charge in [0.05, 0.1) is 17.2 Å². The summed E-state index contributed by atoms with van der Waals surface area (Å²) in [5.41, 5.74) is 1.44. The highest BCUT2D eigenvalue weighted by atomic mass is 16.6. The van der Waals surface area contributed by atoms with Gasteiger partial charge < -0.3 is 15.7 Å². The van der Waals surface area contributed by atoms with Gasteiger partial charge in [-0.3, -0.25) is 10.1 Å². The Morgan fingerprint density at radius 2 is 1.78 bits per heavy atom. The fourth-order valence-electron chi connectivity index (χ4n) is 6.08. The van der Waals surface area contributed by atoms with E-state index < -0.39 is 4.92 Å². The highest BCUT2D eigenvalue weighted by Crippen LogP contribution is 2.57. The van der Waals surface area contributed by atoms with Crippen molar-refractivity contribution in [3.8, 4) is 0 Å². The van der Waals surface area contributed by atoms with Gasteiger partial charge in [0, 0.05) is 12.1 Å². The van der Waals surface area contributed by atoms with Gasteiger partial charge in [0.25, 0.3) is 0 Å². The molecule has 3 N–H and O–H groups in total. The quantitative estimate of drug-likeness (QED) is 0.521.